The second-order valence-corrected chi connectivity index (χ2v) is 15.1. The minimum Gasteiger partial charge on any atom is -0.467 e. The van der Waals surface area contributed by atoms with Crippen LogP contribution in [0.5, 0.6) is 0 Å². The Kier molecular flexibility index (Phi) is 16.5. The molecule has 0 radical (unpaired) electrons. The number of benzene rings is 3. The van der Waals surface area contributed by atoms with Crippen molar-refractivity contribution in [1.82, 2.24) is 29.7 Å². The van der Waals surface area contributed by atoms with Gasteiger partial charge in [-0.25, -0.2) is 29.3 Å². The number of carbonyl (C=O) groups is 6. The molecule has 3 aromatic carbocycles. The Hall–Kier alpha value is -7.41. The summed E-state index contributed by atoms with van der Waals surface area (Å²) >= 11 is 0. The molecule has 2 aromatic heterocycles. The molecule has 6 rings (SSSR count). The highest BCUT2D eigenvalue weighted by Gasteiger charge is 2.51. The first-order valence-electron chi connectivity index (χ1n) is 21.0. The van der Waals surface area contributed by atoms with Crippen molar-refractivity contribution in [3.63, 3.8) is 0 Å². The van der Waals surface area contributed by atoms with Crippen molar-refractivity contribution in [3.8, 4) is 0 Å². The van der Waals surface area contributed by atoms with Gasteiger partial charge in [-0.3, -0.25) is 19.0 Å². The molecular weight excluding hydrogens is 843 g/mol. The van der Waals surface area contributed by atoms with Crippen LogP contribution < -0.4 is 10.6 Å². The Balaban J connectivity index is 1.31. The van der Waals surface area contributed by atoms with Crippen LogP contribution in [-0.4, -0.2) is 104 Å². The summed E-state index contributed by atoms with van der Waals surface area (Å²) in [6, 6.07) is 24.6. The number of nitrogens with one attached hydrogen (secondary N) is 2. The van der Waals surface area contributed by atoms with E-state index in [1.165, 1.54) is 43.1 Å². The molecule has 19 heteroatoms. The van der Waals surface area contributed by atoms with Gasteiger partial charge in [-0.15, -0.1) is 0 Å². The Bertz CT molecular complexity index is 2400. The Labute approximate surface area is 374 Å². The van der Waals surface area contributed by atoms with Crippen molar-refractivity contribution in [1.29, 1.82) is 0 Å². The summed E-state index contributed by atoms with van der Waals surface area (Å²) < 4.78 is 36.1. The van der Waals surface area contributed by atoms with E-state index in [4.69, 9.17) is 28.4 Å². The zero-order chi connectivity index (χ0) is 46.3. The molecule has 19 nitrogen and oxygen atoms in total. The molecule has 65 heavy (non-hydrogen) atoms. The van der Waals surface area contributed by atoms with Crippen LogP contribution in [0.25, 0.3) is 11.2 Å². The topological polar surface area (TPSA) is 229 Å². The summed E-state index contributed by atoms with van der Waals surface area (Å²) in [6.07, 6.45) is -3.31. The number of ether oxygens (including phenoxy) is 6. The minimum absolute atomic E-state index is 0.0395. The molecule has 3 heterocycles. The van der Waals surface area contributed by atoms with Gasteiger partial charge in [0, 0.05) is 32.0 Å². The van der Waals surface area contributed by atoms with Crippen LogP contribution in [-0.2, 0) is 56.0 Å². The van der Waals surface area contributed by atoms with Crippen molar-refractivity contribution in [2.45, 2.75) is 96.3 Å². The molecule has 2 N–H and O–H groups in total. The molecule has 1 aliphatic heterocycles. The number of amides is 3. The molecular formula is C46H51N7O12. The number of anilines is 1. The summed E-state index contributed by atoms with van der Waals surface area (Å²) in [5.74, 6) is -2.52. The van der Waals surface area contributed by atoms with Crippen LogP contribution in [0.15, 0.2) is 104 Å². The molecule has 1 fully saturated rings. The van der Waals surface area contributed by atoms with Crippen LogP contribution in [0, 0.1) is 0 Å². The highest BCUT2D eigenvalue weighted by Crippen LogP contribution is 2.39. The van der Waals surface area contributed by atoms with Gasteiger partial charge in [0.1, 0.15) is 31.7 Å². The number of nitrogens with zero attached hydrogens (tertiary/aromatic N) is 5. The standard InChI is InChI=1S/C46H51N7O12/c1-5-23-52(46(59)62-26-32-17-11-7-12-18-32)34(21-22-35(44(57)60-4)50-45(58)61-25-31-15-9-6-10-16-31)24-36-38(63-29(2)54)39(64-30(3)55)43(65-36)53-28-49-37-40(47-27-48-41(37)53)51-42(56)33-19-13-8-14-20-33/h6-20,27-28,34-36,38-39,43H,5,21-26H2,1-4H3,(H,50,58)(H,47,48,51,56)/t34-,35-,36+,38+,39+,43+/m0/s1. The molecule has 0 saturated carbocycles. The average Bonchev–Trinajstić information content (AvgIpc) is 3.88. The van der Waals surface area contributed by atoms with Crippen LogP contribution in [0.3, 0.4) is 0 Å². The van der Waals surface area contributed by atoms with Crippen molar-refractivity contribution in [2.24, 2.45) is 0 Å². The zero-order valence-electron chi connectivity index (χ0n) is 36.4. The molecule has 342 valence electrons. The van der Waals surface area contributed by atoms with Gasteiger partial charge in [0.25, 0.3) is 5.91 Å². The number of fused-ring (bicyclic) bond motifs is 1. The zero-order valence-corrected chi connectivity index (χ0v) is 36.4. The van der Waals surface area contributed by atoms with E-state index in [1.807, 2.05) is 43.3 Å². The molecule has 6 atom stereocenters. The monoisotopic (exact) mass is 893 g/mol. The number of esters is 3. The van der Waals surface area contributed by atoms with Crippen molar-refractivity contribution in [2.75, 3.05) is 19.0 Å². The van der Waals surface area contributed by atoms with E-state index in [1.54, 1.807) is 54.6 Å². The quantitative estimate of drug-likeness (QED) is 0.0727. The molecule has 0 unspecified atom stereocenters. The smallest absolute Gasteiger partial charge is 0.410 e. The first kappa shape index (κ1) is 47.1. The van der Waals surface area contributed by atoms with E-state index in [9.17, 15) is 28.8 Å². The van der Waals surface area contributed by atoms with Gasteiger partial charge in [0.15, 0.2) is 35.4 Å². The largest absolute Gasteiger partial charge is 0.467 e. The van der Waals surface area contributed by atoms with Gasteiger partial charge in [0.05, 0.1) is 13.4 Å². The molecule has 0 aliphatic carbocycles. The van der Waals surface area contributed by atoms with E-state index in [-0.39, 0.29) is 56.0 Å². The summed E-state index contributed by atoms with van der Waals surface area (Å²) in [5, 5.41) is 5.35. The van der Waals surface area contributed by atoms with Crippen LogP contribution in [0.1, 0.15) is 74.2 Å². The summed E-state index contributed by atoms with van der Waals surface area (Å²) in [6.45, 7) is 4.36. The van der Waals surface area contributed by atoms with E-state index < -0.39 is 72.6 Å². The number of carbonyl (C=O) groups excluding carboxylic acids is 6. The van der Waals surface area contributed by atoms with Crippen molar-refractivity contribution < 1.29 is 57.2 Å². The number of aromatic nitrogens is 4. The maximum absolute atomic E-state index is 14.1. The van der Waals surface area contributed by atoms with Crippen LogP contribution >= 0.6 is 0 Å². The number of imidazole rings is 1. The first-order chi connectivity index (χ1) is 31.4. The van der Waals surface area contributed by atoms with Crippen LogP contribution in [0.4, 0.5) is 15.4 Å². The van der Waals surface area contributed by atoms with Gasteiger partial charge in [-0.1, -0.05) is 85.8 Å². The predicted octanol–water partition coefficient (Wildman–Crippen LogP) is 5.90. The molecule has 0 spiro atoms. The van der Waals surface area contributed by atoms with E-state index in [0.29, 0.717) is 12.0 Å². The highest BCUT2D eigenvalue weighted by atomic mass is 16.6. The maximum Gasteiger partial charge on any atom is 0.410 e. The molecule has 3 amide bonds. The number of hydrogen-bond donors (Lipinski definition) is 2. The predicted molar refractivity (Wildman–Crippen MR) is 232 cm³/mol. The van der Waals surface area contributed by atoms with Gasteiger partial charge >= 0.3 is 30.1 Å². The average molecular weight is 894 g/mol. The third-order valence-electron chi connectivity index (χ3n) is 10.4. The SMILES string of the molecule is CCCN(C(=O)OCc1ccccc1)[C@@H](CC[C@H](NC(=O)OCc1ccccc1)C(=O)OC)C[C@H]1O[C@@H](n2cnc3c(NC(=O)c4ccccc4)ncnc32)[C@H](OC(C)=O)[C@@H]1OC(C)=O. The third-order valence-corrected chi connectivity index (χ3v) is 10.4. The lowest BCUT2D eigenvalue weighted by atomic mass is 9.96. The number of alkyl carbamates (subject to hydrolysis) is 1. The van der Waals surface area contributed by atoms with Crippen molar-refractivity contribution in [3.05, 3.63) is 120 Å². The Morgan fingerprint density at radius 3 is 2.02 bits per heavy atom. The van der Waals surface area contributed by atoms with Gasteiger partial charge in [-0.05, 0) is 48.9 Å². The molecule has 1 aliphatic rings. The van der Waals surface area contributed by atoms with Gasteiger partial charge < -0.3 is 44.0 Å². The lowest BCUT2D eigenvalue weighted by molar-refractivity contribution is -0.165. The van der Waals surface area contributed by atoms with Gasteiger partial charge in [-0.2, -0.15) is 0 Å². The normalized spacial score (nSPS) is 17.5. The molecule has 5 aromatic rings. The Morgan fingerprint density at radius 1 is 0.785 bits per heavy atom. The summed E-state index contributed by atoms with van der Waals surface area (Å²) in [7, 11) is 1.18. The highest BCUT2D eigenvalue weighted by molar-refractivity contribution is 6.06. The number of hydrogen-bond acceptors (Lipinski definition) is 15. The van der Waals surface area contributed by atoms with Gasteiger partial charge in [0.2, 0.25) is 0 Å². The molecule has 0 bridgehead atoms. The minimum atomic E-state index is -1.27. The fraction of sp³-hybridized carbons (Fsp3) is 0.370. The van der Waals surface area contributed by atoms with E-state index in [2.05, 4.69) is 25.6 Å². The number of rotatable bonds is 19. The third kappa shape index (κ3) is 12.6. The lowest BCUT2D eigenvalue weighted by Gasteiger charge is -2.34. The second kappa shape index (κ2) is 22.8. The molecule has 1 saturated heterocycles. The van der Waals surface area contributed by atoms with E-state index in [0.717, 1.165) is 11.1 Å². The van der Waals surface area contributed by atoms with Crippen molar-refractivity contribution >= 4 is 53.0 Å². The fourth-order valence-corrected chi connectivity index (χ4v) is 7.46. The number of methoxy groups -OCH3 is 1. The second-order valence-electron chi connectivity index (χ2n) is 15.1. The maximum atomic E-state index is 14.1. The Morgan fingerprint density at radius 2 is 1.40 bits per heavy atom. The van der Waals surface area contributed by atoms with E-state index >= 15 is 0 Å². The lowest BCUT2D eigenvalue weighted by Crippen LogP contribution is -2.47. The summed E-state index contributed by atoms with van der Waals surface area (Å²) in [4.78, 5) is 93.5. The summed E-state index contributed by atoms with van der Waals surface area (Å²) in [5.41, 5.74) is 2.24. The fourth-order valence-electron chi connectivity index (χ4n) is 7.46. The van der Waals surface area contributed by atoms with Crippen LogP contribution in [0.2, 0.25) is 0 Å². The first-order valence-corrected chi connectivity index (χ1v) is 21.0.